The standard InChI is InChI=1S/C19H27NO4/c1-13(2)5-6-14(3)20-18(21)8-7-15-11-16(22-4)19-17(12-15)23-9-10-24-19/h7-8,11-14H,5-6,9-10H2,1-4H3,(H,20,21)/b8-7+. The van der Waals surface area contributed by atoms with E-state index in [4.69, 9.17) is 14.2 Å². The summed E-state index contributed by atoms with van der Waals surface area (Å²) in [7, 11) is 1.59. The molecule has 0 fully saturated rings. The van der Waals surface area contributed by atoms with Gasteiger partial charge in [0.2, 0.25) is 11.7 Å². The number of carbonyl (C=O) groups is 1. The van der Waals surface area contributed by atoms with Crippen molar-refractivity contribution >= 4 is 12.0 Å². The van der Waals surface area contributed by atoms with Gasteiger partial charge in [-0.2, -0.15) is 0 Å². The normalized spacial score (nSPS) is 14.7. The van der Waals surface area contributed by atoms with Gasteiger partial charge in [-0.1, -0.05) is 13.8 Å². The van der Waals surface area contributed by atoms with Crippen LogP contribution in [0.3, 0.4) is 0 Å². The minimum Gasteiger partial charge on any atom is -0.493 e. The predicted molar refractivity (Wildman–Crippen MR) is 94.7 cm³/mol. The van der Waals surface area contributed by atoms with E-state index in [2.05, 4.69) is 19.2 Å². The van der Waals surface area contributed by atoms with Crippen molar-refractivity contribution in [1.29, 1.82) is 0 Å². The second-order valence-corrected chi connectivity index (χ2v) is 6.46. The summed E-state index contributed by atoms with van der Waals surface area (Å²) in [5.41, 5.74) is 0.834. The Kier molecular flexibility index (Phi) is 6.53. The molecule has 0 bridgehead atoms. The van der Waals surface area contributed by atoms with Crippen LogP contribution in [-0.2, 0) is 4.79 Å². The second-order valence-electron chi connectivity index (χ2n) is 6.46. The fraction of sp³-hybridized carbons (Fsp3) is 0.526. The summed E-state index contributed by atoms with van der Waals surface area (Å²) in [5, 5.41) is 2.98. The molecular weight excluding hydrogens is 306 g/mol. The van der Waals surface area contributed by atoms with Crippen LogP contribution in [0, 0.1) is 5.92 Å². The number of ether oxygens (including phenoxy) is 3. The summed E-state index contributed by atoms with van der Waals surface area (Å²) in [6.07, 6.45) is 5.38. The Labute approximate surface area is 144 Å². The fourth-order valence-corrected chi connectivity index (χ4v) is 2.51. The van der Waals surface area contributed by atoms with E-state index >= 15 is 0 Å². The zero-order valence-corrected chi connectivity index (χ0v) is 14.9. The van der Waals surface area contributed by atoms with Gasteiger partial charge in [0.1, 0.15) is 13.2 Å². The summed E-state index contributed by atoms with van der Waals surface area (Å²) < 4.78 is 16.5. The van der Waals surface area contributed by atoms with Crippen molar-refractivity contribution in [2.75, 3.05) is 20.3 Å². The lowest BCUT2D eigenvalue weighted by molar-refractivity contribution is -0.117. The van der Waals surface area contributed by atoms with Gasteiger partial charge in [-0.25, -0.2) is 0 Å². The van der Waals surface area contributed by atoms with Crippen molar-refractivity contribution in [3.63, 3.8) is 0 Å². The molecule has 1 atom stereocenters. The largest absolute Gasteiger partial charge is 0.493 e. The van der Waals surface area contributed by atoms with Crippen LogP contribution < -0.4 is 19.5 Å². The average molecular weight is 333 g/mol. The van der Waals surface area contributed by atoms with E-state index in [1.165, 1.54) is 6.08 Å². The van der Waals surface area contributed by atoms with E-state index < -0.39 is 0 Å². The summed E-state index contributed by atoms with van der Waals surface area (Å²) in [6.45, 7) is 7.42. The molecule has 24 heavy (non-hydrogen) atoms. The van der Waals surface area contributed by atoms with Crippen LogP contribution >= 0.6 is 0 Å². The van der Waals surface area contributed by atoms with E-state index in [0.717, 1.165) is 18.4 Å². The zero-order chi connectivity index (χ0) is 17.5. The Morgan fingerprint density at radius 3 is 2.71 bits per heavy atom. The number of methoxy groups -OCH3 is 1. The molecule has 0 aliphatic carbocycles. The SMILES string of the molecule is COc1cc(/C=C/C(=O)NC(C)CCC(C)C)cc2c1OCCO2. The van der Waals surface area contributed by atoms with Crippen LogP contribution in [-0.4, -0.2) is 32.3 Å². The molecule has 1 amide bonds. The Morgan fingerprint density at radius 1 is 1.25 bits per heavy atom. The highest BCUT2D eigenvalue weighted by Gasteiger charge is 2.17. The molecule has 1 aromatic carbocycles. The van der Waals surface area contributed by atoms with Crippen molar-refractivity contribution in [3.8, 4) is 17.2 Å². The lowest BCUT2D eigenvalue weighted by Crippen LogP contribution is -2.31. The summed E-state index contributed by atoms with van der Waals surface area (Å²) in [4.78, 5) is 12.0. The number of benzene rings is 1. The summed E-state index contributed by atoms with van der Waals surface area (Å²) in [5.74, 6) is 2.42. The van der Waals surface area contributed by atoms with Crippen molar-refractivity contribution < 1.29 is 19.0 Å². The Balaban J connectivity index is 1.99. The highest BCUT2D eigenvalue weighted by molar-refractivity contribution is 5.92. The van der Waals surface area contributed by atoms with Crippen LogP contribution in [0.15, 0.2) is 18.2 Å². The molecule has 1 aliphatic heterocycles. The average Bonchev–Trinajstić information content (AvgIpc) is 2.57. The van der Waals surface area contributed by atoms with Crippen molar-refractivity contribution in [2.45, 2.75) is 39.7 Å². The molecule has 1 unspecified atom stereocenters. The quantitative estimate of drug-likeness (QED) is 0.777. The van der Waals surface area contributed by atoms with Gasteiger partial charge in [0.25, 0.3) is 0 Å². The first-order valence-electron chi connectivity index (χ1n) is 8.45. The number of carbonyl (C=O) groups excluding carboxylic acids is 1. The molecule has 1 N–H and O–H groups in total. The summed E-state index contributed by atoms with van der Waals surface area (Å²) in [6, 6.07) is 3.85. The predicted octanol–water partition coefficient (Wildman–Crippen LogP) is 3.42. The lowest BCUT2D eigenvalue weighted by atomic mass is 10.0. The third kappa shape index (κ3) is 5.18. The molecule has 5 heteroatoms. The molecule has 0 aromatic heterocycles. The van der Waals surface area contributed by atoms with Gasteiger partial charge < -0.3 is 19.5 Å². The molecule has 1 aliphatic rings. The minimum atomic E-state index is -0.0971. The van der Waals surface area contributed by atoms with Gasteiger partial charge >= 0.3 is 0 Å². The molecule has 132 valence electrons. The molecule has 0 radical (unpaired) electrons. The molecule has 1 heterocycles. The maximum atomic E-state index is 12.0. The van der Waals surface area contributed by atoms with E-state index in [1.807, 2.05) is 19.1 Å². The first-order valence-corrected chi connectivity index (χ1v) is 8.45. The Hall–Kier alpha value is -2.17. The lowest BCUT2D eigenvalue weighted by Gasteiger charge is -2.21. The van der Waals surface area contributed by atoms with Gasteiger partial charge in [-0.15, -0.1) is 0 Å². The molecule has 0 saturated heterocycles. The fourth-order valence-electron chi connectivity index (χ4n) is 2.51. The van der Waals surface area contributed by atoms with Crippen LogP contribution in [0.2, 0.25) is 0 Å². The van der Waals surface area contributed by atoms with Crippen LogP contribution in [0.5, 0.6) is 17.2 Å². The van der Waals surface area contributed by atoms with Gasteiger partial charge in [0.15, 0.2) is 11.5 Å². The zero-order valence-electron chi connectivity index (χ0n) is 14.9. The molecule has 1 aromatic rings. The van der Waals surface area contributed by atoms with Gasteiger partial charge in [0, 0.05) is 12.1 Å². The van der Waals surface area contributed by atoms with Crippen LogP contribution in [0.1, 0.15) is 39.2 Å². The van der Waals surface area contributed by atoms with Crippen LogP contribution in [0.25, 0.3) is 6.08 Å². The topological polar surface area (TPSA) is 56.8 Å². The highest BCUT2D eigenvalue weighted by Crippen LogP contribution is 2.40. The first-order chi connectivity index (χ1) is 11.5. The number of nitrogens with one attached hydrogen (secondary N) is 1. The van der Waals surface area contributed by atoms with Crippen LogP contribution in [0.4, 0.5) is 0 Å². The monoisotopic (exact) mass is 333 g/mol. The number of amides is 1. The number of hydrogen-bond acceptors (Lipinski definition) is 4. The third-order valence-corrected chi connectivity index (χ3v) is 3.84. The number of hydrogen-bond donors (Lipinski definition) is 1. The first kappa shape index (κ1) is 18.2. The molecule has 0 spiro atoms. The molecule has 5 nitrogen and oxygen atoms in total. The van der Waals surface area contributed by atoms with E-state index in [0.29, 0.717) is 36.4 Å². The third-order valence-electron chi connectivity index (χ3n) is 3.84. The number of fused-ring (bicyclic) bond motifs is 1. The Morgan fingerprint density at radius 2 is 2.00 bits per heavy atom. The van der Waals surface area contributed by atoms with Crippen molar-refractivity contribution in [2.24, 2.45) is 5.92 Å². The smallest absolute Gasteiger partial charge is 0.244 e. The summed E-state index contributed by atoms with van der Waals surface area (Å²) >= 11 is 0. The van der Waals surface area contributed by atoms with E-state index in [-0.39, 0.29) is 11.9 Å². The number of rotatable bonds is 7. The van der Waals surface area contributed by atoms with Gasteiger partial charge in [0.05, 0.1) is 7.11 Å². The second kappa shape index (κ2) is 8.62. The van der Waals surface area contributed by atoms with E-state index in [1.54, 1.807) is 13.2 Å². The molecule has 2 rings (SSSR count). The molecular formula is C19H27NO4. The van der Waals surface area contributed by atoms with Crippen molar-refractivity contribution in [1.82, 2.24) is 5.32 Å². The van der Waals surface area contributed by atoms with Gasteiger partial charge in [-0.05, 0) is 49.5 Å². The minimum absolute atomic E-state index is 0.0971. The molecule has 0 saturated carbocycles. The highest BCUT2D eigenvalue weighted by atomic mass is 16.6. The Bertz CT molecular complexity index is 578. The van der Waals surface area contributed by atoms with Gasteiger partial charge in [-0.3, -0.25) is 4.79 Å². The van der Waals surface area contributed by atoms with E-state index in [9.17, 15) is 4.79 Å². The van der Waals surface area contributed by atoms with Crippen molar-refractivity contribution in [3.05, 3.63) is 23.8 Å². The maximum absolute atomic E-state index is 12.0. The maximum Gasteiger partial charge on any atom is 0.244 e.